The number of hydrogen-bond donors (Lipinski definition) is 0. The molecule has 104 valence electrons. The Labute approximate surface area is 128 Å². The molecule has 0 saturated heterocycles. The minimum absolute atomic E-state index is 0.517. The van der Waals surface area contributed by atoms with Crippen LogP contribution in [-0.2, 0) is 5.88 Å². The van der Waals surface area contributed by atoms with E-state index in [2.05, 4.69) is 38.9 Å². The first-order chi connectivity index (χ1) is 9.17. The Bertz CT molecular complexity index is 465. The molecule has 2 bridgehead atoms. The Morgan fingerprint density at radius 1 is 1.42 bits per heavy atom. The van der Waals surface area contributed by atoms with Gasteiger partial charge in [0.25, 0.3) is 0 Å². The van der Waals surface area contributed by atoms with Crippen LogP contribution < -0.4 is 4.90 Å². The second-order valence-electron chi connectivity index (χ2n) is 6.09. The van der Waals surface area contributed by atoms with Crippen LogP contribution >= 0.6 is 27.5 Å². The van der Waals surface area contributed by atoms with Gasteiger partial charge >= 0.3 is 0 Å². The van der Waals surface area contributed by atoms with Crippen molar-refractivity contribution in [2.45, 2.75) is 31.6 Å². The summed E-state index contributed by atoms with van der Waals surface area (Å²) >= 11 is 9.50. The Hall–Kier alpha value is -0.280. The molecule has 0 radical (unpaired) electrons. The summed E-state index contributed by atoms with van der Waals surface area (Å²) in [5, 5.41) is 0. The lowest BCUT2D eigenvalue weighted by Gasteiger charge is -2.29. The van der Waals surface area contributed by atoms with Gasteiger partial charge in [0.05, 0.1) is 5.88 Å². The molecular weight excluding hydrogens is 324 g/mol. The zero-order valence-corrected chi connectivity index (χ0v) is 13.6. The number of nitrogens with zero attached hydrogens (tertiary/aromatic N) is 2. The minimum atomic E-state index is 0.517. The molecule has 3 rings (SSSR count). The number of fused-ring (bicyclic) bond motifs is 2. The average Bonchev–Trinajstić information content (AvgIpc) is 3.00. The fraction of sp³-hybridized carbons (Fsp3) is 0.667. The van der Waals surface area contributed by atoms with E-state index >= 15 is 0 Å². The predicted octanol–water partition coefficient (Wildman–Crippen LogP) is 4.46. The van der Waals surface area contributed by atoms with E-state index in [4.69, 9.17) is 11.6 Å². The maximum absolute atomic E-state index is 6.04. The lowest BCUT2D eigenvalue weighted by molar-refractivity contribution is 0.337. The molecule has 0 aromatic carbocycles. The van der Waals surface area contributed by atoms with Crippen molar-refractivity contribution in [3.8, 4) is 0 Å². The van der Waals surface area contributed by atoms with Gasteiger partial charge in [-0.1, -0.05) is 6.42 Å². The molecule has 2 aliphatic rings. The molecule has 4 heteroatoms. The lowest BCUT2D eigenvalue weighted by atomic mass is 9.88. The monoisotopic (exact) mass is 342 g/mol. The maximum atomic E-state index is 6.04. The summed E-state index contributed by atoms with van der Waals surface area (Å²) in [5.74, 6) is 4.39. The average molecular weight is 344 g/mol. The summed E-state index contributed by atoms with van der Waals surface area (Å²) in [7, 11) is 2.15. The molecule has 2 nitrogen and oxygen atoms in total. The summed E-state index contributed by atoms with van der Waals surface area (Å²) in [6, 6.07) is 2.08. The second kappa shape index (κ2) is 5.61. The van der Waals surface area contributed by atoms with Gasteiger partial charge in [-0.05, 0) is 59.0 Å². The SMILES string of the molecule is CN(CC1CC2CCC1C2)c1ncc(Br)cc1CCl. The fourth-order valence-corrected chi connectivity index (χ4v) is 4.53. The van der Waals surface area contributed by atoms with Crippen molar-refractivity contribution in [1.29, 1.82) is 0 Å². The Kier molecular flexibility index (Phi) is 4.04. The Morgan fingerprint density at radius 2 is 2.26 bits per heavy atom. The molecule has 1 aromatic rings. The fourth-order valence-electron chi connectivity index (χ4n) is 3.95. The first-order valence-corrected chi connectivity index (χ1v) is 8.41. The van der Waals surface area contributed by atoms with Crippen molar-refractivity contribution >= 4 is 33.3 Å². The number of pyridine rings is 1. The smallest absolute Gasteiger partial charge is 0.132 e. The zero-order chi connectivity index (χ0) is 13.4. The van der Waals surface area contributed by atoms with Crippen molar-refractivity contribution in [3.63, 3.8) is 0 Å². The molecule has 1 heterocycles. The molecule has 2 fully saturated rings. The van der Waals surface area contributed by atoms with Crippen LogP contribution in [0.1, 0.15) is 31.2 Å². The lowest BCUT2D eigenvalue weighted by Crippen LogP contribution is -2.29. The molecule has 0 N–H and O–H groups in total. The highest BCUT2D eigenvalue weighted by Gasteiger charge is 2.39. The third-order valence-electron chi connectivity index (χ3n) is 4.81. The molecule has 2 saturated carbocycles. The van der Waals surface area contributed by atoms with Crippen molar-refractivity contribution in [2.24, 2.45) is 17.8 Å². The van der Waals surface area contributed by atoms with E-state index in [0.717, 1.165) is 40.2 Å². The second-order valence-corrected chi connectivity index (χ2v) is 7.27. The molecule has 3 atom stereocenters. The van der Waals surface area contributed by atoms with Gasteiger partial charge in [0.15, 0.2) is 0 Å². The molecule has 0 amide bonds. The third kappa shape index (κ3) is 2.78. The highest BCUT2D eigenvalue weighted by molar-refractivity contribution is 9.10. The minimum Gasteiger partial charge on any atom is -0.359 e. The quantitative estimate of drug-likeness (QED) is 0.751. The van der Waals surface area contributed by atoms with Crippen molar-refractivity contribution in [1.82, 2.24) is 4.98 Å². The van der Waals surface area contributed by atoms with Crippen LogP contribution in [0.2, 0.25) is 0 Å². The van der Waals surface area contributed by atoms with Gasteiger partial charge < -0.3 is 4.90 Å². The van der Waals surface area contributed by atoms with Crippen LogP contribution in [0.4, 0.5) is 5.82 Å². The molecular formula is C15H20BrClN2. The topological polar surface area (TPSA) is 16.1 Å². The first kappa shape index (κ1) is 13.7. The highest BCUT2D eigenvalue weighted by Crippen LogP contribution is 2.48. The normalized spacial score (nSPS) is 28.9. The van der Waals surface area contributed by atoms with E-state index in [0.29, 0.717) is 5.88 Å². The third-order valence-corrected chi connectivity index (χ3v) is 5.53. The van der Waals surface area contributed by atoms with Crippen LogP contribution in [0.15, 0.2) is 16.7 Å². The maximum Gasteiger partial charge on any atom is 0.132 e. The van der Waals surface area contributed by atoms with Gasteiger partial charge in [-0.3, -0.25) is 0 Å². The van der Waals surface area contributed by atoms with Crippen LogP contribution in [0, 0.1) is 17.8 Å². The summed E-state index contributed by atoms with van der Waals surface area (Å²) < 4.78 is 1.00. The van der Waals surface area contributed by atoms with Gasteiger partial charge in [0.1, 0.15) is 5.82 Å². The van der Waals surface area contributed by atoms with E-state index < -0.39 is 0 Å². The van der Waals surface area contributed by atoms with E-state index in [1.165, 1.54) is 25.7 Å². The van der Waals surface area contributed by atoms with E-state index in [9.17, 15) is 0 Å². The van der Waals surface area contributed by atoms with Crippen LogP contribution in [0.25, 0.3) is 0 Å². The summed E-state index contributed by atoms with van der Waals surface area (Å²) in [4.78, 5) is 6.85. The first-order valence-electron chi connectivity index (χ1n) is 7.09. The number of rotatable bonds is 4. The number of hydrogen-bond acceptors (Lipinski definition) is 2. The standard InChI is InChI=1S/C15H20BrClN2/c1-19(9-13-5-10-2-3-11(13)4-10)15-12(7-17)6-14(16)8-18-15/h6,8,10-11,13H,2-5,7,9H2,1H3. The number of alkyl halides is 1. The van der Waals surface area contributed by atoms with Gasteiger partial charge in [-0.15, -0.1) is 11.6 Å². The van der Waals surface area contributed by atoms with Crippen LogP contribution in [-0.4, -0.2) is 18.6 Å². The largest absolute Gasteiger partial charge is 0.359 e. The predicted molar refractivity (Wildman–Crippen MR) is 83.7 cm³/mol. The molecule has 0 aliphatic heterocycles. The molecule has 3 unspecified atom stereocenters. The van der Waals surface area contributed by atoms with Crippen LogP contribution in [0.3, 0.4) is 0 Å². The Morgan fingerprint density at radius 3 is 2.89 bits per heavy atom. The summed E-state index contributed by atoms with van der Waals surface area (Å²) in [5.41, 5.74) is 1.11. The molecule has 0 spiro atoms. The molecule has 2 aliphatic carbocycles. The van der Waals surface area contributed by atoms with E-state index in [1.54, 1.807) is 0 Å². The van der Waals surface area contributed by atoms with Crippen molar-refractivity contribution < 1.29 is 0 Å². The van der Waals surface area contributed by atoms with E-state index in [-0.39, 0.29) is 0 Å². The Balaban J connectivity index is 1.71. The number of aromatic nitrogens is 1. The number of halogens is 2. The molecule has 19 heavy (non-hydrogen) atoms. The van der Waals surface area contributed by atoms with Gasteiger partial charge in [0, 0.05) is 29.8 Å². The van der Waals surface area contributed by atoms with E-state index in [1.807, 2.05) is 6.20 Å². The van der Waals surface area contributed by atoms with Gasteiger partial charge in [0.2, 0.25) is 0 Å². The summed E-state index contributed by atoms with van der Waals surface area (Å²) in [6.07, 6.45) is 7.66. The number of anilines is 1. The molecule has 1 aromatic heterocycles. The van der Waals surface area contributed by atoms with Crippen molar-refractivity contribution in [2.75, 3.05) is 18.5 Å². The zero-order valence-electron chi connectivity index (χ0n) is 11.3. The highest BCUT2D eigenvalue weighted by atomic mass is 79.9. The van der Waals surface area contributed by atoms with Gasteiger partial charge in [-0.25, -0.2) is 4.98 Å². The van der Waals surface area contributed by atoms with Crippen molar-refractivity contribution in [3.05, 3.63) is 22.3 Å². The van der Waals surface area contributed by atoms with Gasteiger partial charge in [-0.2, -0.15) is 0 Å². The van der Waals surface area contributed by atoms with Crippen LogP contribution in [0.5, 0.6) is 0 Å². The summed E-state index contributed by atoms with van der Waals surface area (Å²) in [6.45, 7) is 1.12.